The van der Waals surface area contributed by atoms with Crippen LogP contribution >= 0.6 is 11.3 Å². The summed E-state index contributed by atoms with van der Waals surface area (Å²) in [5, 5.41) is 1.93. The van der Waals surface area contributed by atoms with Crippen LogP contribution in [0.1, 0.15) is 22.9 Å². The number of ether oxygens (including phenoxy) is 1. The van der Waals surface area contributed by atoms with E-state index in [-0.39, 0.29) is 0 Å². The molecule has 1 heterocycles. The van der Waals surface area contributed by atoms with E-state index >= 15 is 0 Å². The molecule has 0 radical (unpaired) electrons. The lowest BCUT2D eigenvalue weighted by atomic mass is 10.1. The second-order valence-corrected chi connectivity index (χ2v) is 7.49. The molecule has 0 atom stereocenters. The van der Waals surface area contributed by atoms with Gasteiger partial charge >= 0.3 is 0 Å². The lowest BCUT2D eigenvalue weighted by molar-refractivity contribution is 0.337. The number of benzene rings is 1. The second kappa shape index (κ2) is 6.60. The molecule has 0 aliphatic rings. The third-order valence-corrected chi connectivity index (χ3v) is 5.50. The van der Waals surface area contributed by atoms with Gasteiger partial charge in [0.2, 0.25) is 10.0 Å². The van der Waals surface area contributed by atoms with Gasteiger partial charge in [-0.3, -0.25) is 0 Å². The van der Waals surface area contributed by atoms with Crippen LogP contribution in [-0.2, 0) is 16.6 Å². The monoisotopic (exact) mass is 325 g/mol. The number of rotatable bonds is 6. The second-order valence-electron chi connectivity index (χ2n) is 4.72. The van der Waals surface area contributed by atoms with Crippen molar-refractivity contribution in [3.05, 3.63) is 45.6 Å². The number of aryl methyl sites for hydroxylation is 2. The molecule has 21 heavy (non-hydrogen) atoms. The highest BCUT2D eigenvalue weighted by molar-refractivity contribution is 7.89. The molecule has 1 N–H and O–H groups in total. The SMILES string of the molecule is CCOc1cc(C)c(S(=O)(=O)NCc2cccs2)cc1C. The summed E-state index contributed by atoms with van der Waals surface area (Å²) in [5.74, 6) is 0.729. The minimum absolute atomic E-state index is 0.306. The summed E-state index contributed by atoms with van der Waals surface area (Å²) < 4.78 is 33.0. The van der Waals surface area contributed by atoms with Crippen molar-refractivity contribution in [3.8, 4) is 5.75 Å². The molecule has 0 fully saturated rings. The summed E-state index contributed by atoms with van der Waals surface area (Å²) in [6, 6.07) is 7.25. The zero-order valence-corrected chi connectivity index (χ0v) is 14.0. The van der Waals surface area contributed by atoms with E-state index in [0.717, 1.165) is 16.2 Å². The highest BCUT2D eigenvalue weighted by Gasteiger charge is 2.18. The normalized spacial score (nSPS) is 11.6. The smallest absolute Gasteiger partial charge is 0.241 e. The highest BCUT2D eigenvalue weighted by atomic mass is 32.2. The molecule has 0 amide bonds. The Labute approximate surface area is 129 Å². The summed E-state index contributed by atoms with van der Waals surface area (Å²) in [7, 11) is -3.52. The van der Waals surface area contributed by atoms with Crippen LogP contribution in [0, 0.1) is 13.8 Å². The van der Waals surface area contributed by atoms with Crippen LogP contribution < -0.4 is 9.46 Å². The summed E-state index contributed by atoms with van der Waals surface area (Å²) in [6.07, 6.45) is 0. The van der Waals surface area contributed by atoms with Crippen molar-refractivity contribution in [2.45, 2.75) is 32.2 Å². The van der Waals surface area contributed by atoms with E-state index in [9.17, 15) is 8.42 Å². The van der Waals surface area contributed by atoms with Gasteiger partial charge in [-0.2, -0.15) is 0 Å². The summed E-state index contributed by atoms with van der Waals surface area (Å²) in [4.78, 5) is 1.29. The quantitative estimate of drug-likeness (QED) is 0.887. The van der Waals surface area contributed by atoms with Crippen molar-refractivity contribution < 1.29 is 13.2 Å². The van der Waals surface area contributed by atoms with E-state index in [1.54, 1.807) is 19.1 Å². The van der Waals surface area contributed by atoms with Gasteiger partial charge in [-0.25, -0.2) is 13.1 Å². The van der Waals surface area contributed by atoms with Gasteiger partial charge in [0.25, 0.3) is 0 Å². The van der Waals surface area contributed by atoms with Crippen molar-refractivity contribution in [2.75, 3.05) is 6.61 Å². The Kier molecular flexibility index (Phi) is 5.03. The molecule has 0 spiro atoms. The number of thiophene rings is 1. The molecule has 2 aromatic rings. The molecule has 0 aliphatic carbocycles. The van der Waals surface area contributed by atoms with Gasteiger partial charge in [0, 0.05) is 11.4 Å². The van der Waals surface area contributed by atoms with Crippen LogP contribution in [-0.4, -0.2) is 15.0 Å². The van der Waals surface area contributed by atoms with Gasteiger partial charge in [0.05, 0.1) is 11.5 Å². The van der Waals surface area contributed by atoms with Gasteiger partial charge in [-0.15, -0.1) is 11.3 Å². The average molecular weight is 325 g/mol. The zero-order valence-electron chi connectivity index (χ0n) is 12.3. The zero-order chi connectivity index (χ0) is 15.5. The Bertz CT molecular complexity index is 707. The lowest BCUT2D eigenvalue weighted by Crippen LogP contribution is -2.23. The maximum Gasteiger partial charge on any atom is 0.241 e. The maximum atomic E-state index is 12.4. The third kappa shape index (κ3) is 3.84. The van der Waals surface area contributed by atoms with Crippen molar-refractivity contribution in [1.82, 2.24) is 4.72 Å². The van der Waals surface area contributed by atoms with Gasteiger partial charge in [-0.1, -0.05) is 6.07 Å². The summed E-state index contributed by atoms with van der Waals surface area (Å²) in [6.45, 7) is 6.40. The van der Waals surface area contributed by atoms with Crippen LogP contribution in [0.25, 0.3) is 0 Å². The predicted octanol–water partition coefficient (Wildman–Crippen LogP) is 3.24. The van der Waals surface area contributed by atoms with Crippen LogP contribution in [0.5, 0.6) is 5.75 Å². The van der Waals surface area contributed by atoms with E-state index in [1.807, 2.05) is 31.4 Å². The van der Waals surface area contributed by atoms with Crippen LogP contribution in [0.4, 0.5) is 0 Å². The number of hydrogen-bond donors (Lipinski definition) is 1. The van der Waals surface area contributed by atoms with Crippen molar-refractivity contribution in [3.63, 3.8) is 0 Å². The average Bonchev–Trinajstić information content (AvgIpc) is 2.94. The fraction of sp³-hybridized carbons (Fsp3) is 0.333. The van der Waals surface area contributed by atoms with Gasteiger partial charge in [-0.05, 0) is 55.5 Å². The first-order valence-corrected chi connectivity index (χ1v) is 9.06. The standard InChI is InChI=1S/C15H19NO3S2/c1-4-19-14-8-12(3)15(9-11(14)2)21(17,18)16-10-13-6-5-7-20-13/h5-9,16H,4,10H2,1-3H3. The predicted molar refractivity (Wildman–Crippen MR) is 85.4 cm³/mol. The number of hydrogen-bond acceptors (Lipinski definition) is 4. The molecular formula is C15H19NO3S2. The Morgan fingerprint density at radius 1 is 1.24 bits per heavy atom. The largest absolute Gasteiger partial charge is 0.494 e. The Morgan fingerprint density at radius 2 is 2.00 bits per heavy atom. The third-order valence-electron chi connectivity index (χ3n) is 3.08. The molecule has 0 saturated carbocycles. The molecule has 1 aromatic carbocycles. The molecule has 0 unspecified atom stereocenters. The van der Waals surface area contributed by atoms with Crippen LogP contribution in [0.15, 0.2) is 34.5 Å². The summed E-state index contributed by atoms with van der Waals surface area (Å²) >= 11 is 1.53. The topological polar surface area (TPSA) is 55.4 Å². The van der Waals surface area contributed by atoms with Crippen molar-refractivity contribution >= 4 is 21.4 Å². The van der Waals surface area contributed by atoms with Crippen LogP contribution in [0.3, 0.4) is 0 Å². The van der Waals surface area contributed by atoms with E-state index < -0.39 is 10.0 Å². The van der Waals surface area contributed by atoms with Gasteiger partial charge in [0.15, 0.2) is 0 Å². The first kappa shape index (κ1) is 16.0. The molecule has 4 nitrogen and oxygen atoms in total. The lowest BCUT2D eigenvalue weighted by Gasteiger charge is -2.13. The Hall–Kier alpha value is -1.37. The Balaban J connectivity index is 2.25. The van der Waals surface area contributed by atoms with E-state index in [1.165, 1.54) is 11.3 Å². The van der Waals surface area contributed by atoms with Gasteiger partial charge < -0.3 is 4.74 Å². The number of nitrogens with one attached hydrogen (secondary N) is 1. The first-order valence-electron chi connectivity index (χ1n) is 6.70. The molecule has 0 aliphatic heterocycles. The number of sulfonamides is 1. The molecule has 0 bridgehead atoms. The minimum Gasteiger partial charge on any atom is -0.494 e. The fourth-order valence-electron chi connectivity index (χ4n) is 2.02. The molecule has 1 aromatic heterocycles. The molecule has 114 valence electrons. The highest BCUT2D eigenvalue weighted by Crippen LogP contribution is 2.26. The Morgan fingerprint density at radius 3 is 2.62 bits per heavy atom. The first-order chi connectivity index (χ1) is 9.94. The molecule has 2 rings (SSSR count). The van der Waals surface area contributed by atoms with E-state index in [2.05, 4.69) is 4.72 Å². The van der Waals surface area contributed by atoms with Crippen molar-refractivity contribution in [1.29, 1.82) is 0 Å². The maximum absolute atomic E-state index is 12.4. The molecule has 6 heteroatoms. The molecule has 0 saturated heterocycles. The van der Waals surface area contributed by atoms with E-state index in [0.29, 0.717) is 23.6 Å². The molecular weight excluding hydrogens is 306 g/mol. The van der Waals surface area contributed by atoms with Gasteiger partial charge in [0.1, 0.15) is 5.75 Å². The minimum atomic E-state index is -3.52. The fourth-order valence-corrected chi connectivity index (χ4v) is 4.07. The van der Waals surface area contributed by atoms with Crippen LogP contribution in [0.2, 0.25) is 0 Å². The van der Waals surface area contributed by atoms with E-state index in [4.69, 9.17) is 4.74 Å². The summed E-state index contributed by atoms with van der Waals surface area (Å²) in [5.41, 5.74) is 1.50. The van der Waals surface area contributed by atoms with Crippen molar-refractivity contribution in [2.24, 2.45) is 0 Å².